The quantitative estimate of drug-likeness (QED) is 0.650. The first-order valence-corrected chi connectivity index (χ1v) is 6.61. The number of nitrogens with two attached hydrogens (primary N) is 1. The summed E-state index contributed by atoms with van der Waals surface area (Å²) in [5.74, 6) is 0. The van der Waals surface area contributed by atoms with Crippen molar-refractivity contribution in [3.63, 3.8) is 0 Å². The highest BCUT2D eigenvalue weighted by atomic mass is 79.9. The van der Waals surface area contributed by atoms with Crippen molar-refractivity contribution in [2.24, 2.45) is 5.73 Å². The summed E-state index contributed by atoms with van der Waals surface area (Å²) in [5, 5.41) is 20.0. The van der Waals surface area contributed by atoms with Gasteiger partial charge in [-0.3, -0.25) is 10.1 Å². The van der Waals surface area contributed by atoms with E-state index in [4.69, 9.17) is 22.6 Å². The zero-order chi connectivity index (χ0) is 14.9. The molecular weight excluding hydrogens is 348 g/mol. The summed E-state index contributed by atoms with van der Waals surface area (Å²) in [6, 6.07) is 6.96. The van der Waals surface area contributed by atoms with Crippen molar-refractivity contribution < 1.29 is 4.92 Å². The Balaban J connectivity index is 2.75. The minimum absolute atomic E-state index is 0.0481. The largest absolute Gasteiger partial charge is 0.331 e. The van der Waals surface area contributed by atoms with Crippen LogP contribution in [-0.2, 0) is 6.54 Å². The van der Waals surface area contributed by atoms with E-state index in [0.29, 0.717) is 5.56 Å². The molecule has 6 nitrogen and oxygen atoms in total. The molecular formula is C12H8BrClN4O2. The third-order valence-corrected chi connectivity index (χ3v) is 3.83. The fourth-order valence-electron chi connectivity index (χ4n) is 1.88. The van der Waals surface area contributed by atoms with Gasteiger partial charge in [-0.1, -0.05) is 33.6 Å². The third kappa shape index (κ3) is 2.41. The van der Waals surface area contributed by atoms with E-state index in [-0.39, 0.29) is 28.6 Å². The fraction of sp³-hybridized carbons (Fsp3) is 0.0833. The Morgan fingerprint density at radius 3 is 2.80 bits per heavy atom. The minimum Gasteiger partial charge on any atom is -0.331 e. The van der Waals surface area contributed by atoms with Gasteiger partial charge < -0.3 is 10.7 Å². The lowest BCUT2D eigenvalue weighted by molar-refractivity contribution is -0.383. The lowest BCUT2D eigenvalue weighted by atomic mass is 10.0. The van der Waals surface area contributed by atoms with Gasteiger partial charge in [-0.15, -0.1) is 0 Å². The number of nitrogens with zero attached hydrogens (tertiary/aromatic N) is 2. The average molecular weight is 356 g/mol. The molecule has 0 bridgehead atoms. The number of aromatic nitrogens is 1. The molecule has 1 aromatic heterocycles. The number of aromatic amines is 1. The van der Waals surface area contributed by atoms with Crippen molar-refractivity contribution in [1.29, 1.82) is 5.26 Å². The molecule has 0 saturated carbocycles. The Labute approximate surface area is 127 Å². The molecule has 0 saturated heterocycles. The summed E-state index contributed by atoms with van der Waals surface area (Å²) < 4.78 is 0.798. The van der Waals surface area contributed by atoms with Gasteiger partial charge >= 0.3 is 5.69 Å². The molecule has 1 aromatic carbocycles. The number of nitriles is 1. The van der Waals surface area contributed by atoms with E-state index in [1.54, 1.807) is 18.2 Å². The van der Waals surface area contributed by atoms with Gasteiger partial charge in [0.25, 0.3) is 0 Å². The summed E-state index contributed by atoms with van der Waals surface area (Å²) in [6.45, 7) is 0.266. The van der Waals surface area contributed by atoms with Crippen LogP contribution in [0.15, 0.2) is 22.7 Å². The first-order valence-electron chi connectivity index (χ1n) is 5.44. The van der Waals surface area contributed by atoms with Crippen LogP contribution in [0.4, 0.5) is 5.69 Å². The lowest BCUT2D eigenvalue weighted by Gasteiger charge is -2.05. The number of hydrogen-bond acceptors (Lipinski definition) is 4. The van der Waals surface area contributed by atoms with Crippen molar-refractivity contribution in [2.45, 2.75) is 6.54 Å². The first-order chi connectivity index (χ1) is 9.49. The molecule has 8 heteroatoms. The SMILES string of the molecule is N#Cc1[nH]c(Cl)c([N+](=O)[O-])c1-c1ccc(Br)c(CN)c1. The Kier molecular flexibility index (Phi) is 4.09. The molecule has 20 heavy (non-hydrogen) atoms. The zero-order valence-electron chi connectivity index (χ0n) is 9.98. The second-order valence-corrected chi connectivity index (χ2v) is 5.15. The van der Waals surface area contributed by atoms with Crippen LogP contribution in [0.2, 0.25) is 5.15 Å². The zero-order valence-corrected chi connectivity index (χ0v) is 12.3. The fourth-order valence-corrected chi connectivity index (χ4v) is 2.55. The first kappa shape index (κ1) is 14.5. The van der Waals surface area contributed by atoms with Gasteiger partial charge in [0.05, 0.1) is 10.5 Å². The van der Waals surface area contributed by atoms with E-state index in [2.05, 4.69) is 20.9 Å². The van der Waals surface area contributed by atoms with E-state index in [1.165, 1.54) is 0 Å². The number of nitrogens with one attached hydrogen (secondary N) is 1. The summed E-state index contributed by atoms with van der Waals surface area (Å²) in [7, 11) is 0. The second kappa shape index (κ2) is 5.63. The minimum atomic E-state index is -0.612. The summed E-state index contributed by atoms with van der Waals surface area (Å²) in [6.07, 6.45) is 0. The van der Waals surface area contributed by atoms with Crippen molar-refractivity contribution in [3.8, 4) is 17.2 Å². The highest BCUT2D eigenvalue weighted by molar-refractivity contribution is 9.10. The maximum atomic E-state index is 11.1. The number of halogens is 2. The van der Waals surface area contributed by atoms with Gasteiger partial charge in [0, 0.05) is 11.0 Å². The van der Waals surface area contributed by atoms with Gasteiger partial charge in [-0.05, 0) is 23.3 Å². The molecule has 0 radical (unpaired) electrons. The number of hydrogen-bond donors (Lipinski definition) is 2. The van der Waals surface area contributed by atoms with Gasteiger partial charge in [-0.25, -0.2) is 0 Å². The Hall–Kier alpha value is -1.88. The predicted octanol–water partition coefficient (Wildman–Crippen LogP) is 3.34. The Bertz CT molecular complexity index is 736. The van der Waals surface area contributed by atoms with Gasteiger partial charge in [0.2, 0.25) is 0 Å². The van der Waals surface area contributed by atoms with Crippen LogP contribution in [0, 0.1) is 21.4 Å². The van der Waals surface area contributed by atoms with E-state index in [0.717, 1.165) is 10.0 Å². The maximum absolute atomic E-state index is 11.1. The molecule has 1 heterocycles. The normalized spacial score (nSPS) is 10.3. The number of rotatable bonds is 3. The van der Waals surface area contributed by atoms with Crippen LogP contribution in [0.1, 0.15) is 11.3 Å². The van der Waals surface area contributed by atoms with Crippen molar-refractivity contribution >= 4 is 33.2 Å². The molecule has 2 rings (SSSR count). The average Bonchev–Trinajstić information content (AvgIpc) is 2.76. The Morgan fingerprint density at radius 2 is 2.25 bits per heavy atom. The molecule has 0 aliphatic rings. The van der Waals surface area contributed by atoms with Gasteiger partial charge in [-0.2, -0.15) is 5.26 Å². The maximum Gasteiger partial charge on any atom is 0.315 e. The predicted molar refractivity (Wildman–Crippen MR) is 78.2 cm³/mol. The highest BCUT2D eigenvalue weighted by Crippen LogP contribution is 2.39. The van der Waals surface area contributed by atoms with Crippen molar-refractivity contribution in [3.05, 3.63) is 49.2 Å². The molecule has 2 aromatic rings. The van der Waals surface area contributed by atoms with Crippen LogP contribution >= 0.6 is 27.5 Å². The van der Waals surface area contributed by atoms with Crippen LogP contribution in [0.3, 0.4) is 0 Å². The van der Waals surface area contributed by atoms with Crippen LogP contribution in [0.5, 0.6) is 0 Å². The van der Waals surface area contributed by atoms with Crippen molar-refractivity contribution in [1.82, 2.24) is 4.98 Å². The summed E-state index contributed by atoms with van der Waals surface area (Å²) in [5.41, 5.74) is 6.81. The van der Waals surface area contributed by atoms with Crippen molar-refractivity contribution in [2.75, 3.05) is 0 Å². The number of benzene rings is 1. The standard InChI is InChI=1S/C12H8BrClN4O2/c13-8-2-1-6(3-7(8)4-15)10-9(5-16)17-12(14)11(10)18(19)20/h1-3,17H,4,15H2. The number of H-pyrrole nitrogens is 1. The molecule has 3 N–H and O–H groups in total. The van der Waals surface area contributed by atoms with E-state index < -0.39 is 4.92 Å². The third-order valence-electron chi connectivity index (χ3n) is 2.78. The summed E-state index contributed by atoms with van der Waals surface area (Å²) in [4.78, 5) is 13.0. The molecule has 0 amide bonds. The smallest absolute Gasteiger partial charge is 0.315 e. The Morgan fingerprint density at radius 1 is 1.55 bits per heavy atom. The molecule has 0 unspecified atom stereocenters. The monoisotopic (exact) mass is 354 g/mol. The molecule has 0 aliphatic carbocycles. The molecule has 0 atom stereocenters. The molecule has 0 fully saturated rings. The summed E-state index contributed by atoms with van der Waals surface area (Å²) >= 11 is 9.14. The molecule has 0 spiro atoms. The van der Waals surface area contributed by atoms with Gasteiger partial charge in [0.1, 0.15) is 11.8 Å². The van der Waals surface area contributed by atoms with E-state index >= 15 is 0 Å². The number of nitro groups is 1. The lowest BCUT2D eigenvalue weighted by Crippen LogP contribution is -1.98. The van der Waals surface area contributed by atoms with E-state index in [1.807, 2.05) is 6.07 Å². The van der Waals surface area contributed by atoms with Crippen LogP contribution in [-0.4, -0.2) is 9.91 Å². The topological polar surface area (TPSA) is 109 Å². The molecule has 0 aliphatic heterocycles. The molecule has 102 valence electrons. The highest BCUT2D eigenvalue weighted by Gasteiger charge is 2.27. The van der Waals surface area contributed by atoms with Crippen LogP contribution < -0.4 is 5.73 Å². The van der Waals surface area contributed by atoms with Gasteiger partial charge in [0.15, 0.2) is 5.15 Å². The van der Waals surface area contributed by atoms with Crippen LogP contribution in [0.25, 0.3) is 11.1 Å². The second-order valence-electron chi connectivity index (χ2n) is 3.92. The van der Waals surface area contributed by atoms with E-state index in [9.17, 15) is 10.1 Å².